The Morgan fingerprint density at radius 2 is 1.65 bits per heavy atom. The van der Waals surface area contributed by atoms with Crippen molar-refractivity contribution in [3.05, 3.63) is 60.2 Å². The molecule has 122 valence electrons. The SMILES string of the molecule is NC(=O)CNCCCc1ccccc1S(=O)(=O)c1ccccc1. The van der Waals surface area contributed by atoms with Gasteiger partial charge in [-0.05, 0) is 43.1 Å². The normalized spacial score (nSPS) is 11.3. The van der Waals surface area contributed by atoms with Gasteiger partial charge < -0.3 is 11.1 Å². The molecule has 0 aliphatic heterocycles. The van der Waals surface area contributed by atoms with E-state index in [0.717, 1.165) is 5.56 Å². The van der Waals surface area contributed by atoms with Crippen LogP contribution in [-0.2, 0) is 21.1 Å². The molecule has 5 nitrogen and oxygen atoms in total. The minimum Gasteiger partial charge on any atom is -0.369 e. The third-order valence-corrected chi connectivity index (χ3v) is 5.28. The topological polar surface area (TPSA) is 89.3 Å². The lowest BCUT2D eigenvalue weighted by molar-refractivity contribution is -0.117. The van der Waals surface area contributed by atoms with Crippen molar-refractivity contribution in [3.63, 3.8) is 0 Å². The maximum Gasteiger partial charge on any atom is 0.231 e. The number of amides is 1. The summed E-state index contributed by atoms with van der Waals surface area (Å²) in [5.74, 6) is -0.406. The van der Waals surface area contributed by atoms with E-state index in [1.165, 1.54) is 0 Å². The third-order valence-electron chi connectivity index (χ3n) is 3.41. The summed E-state index contributed by atoms with van der Waals surface area (Å²) in [6, 6.07) is 15.4. The number of rotatable bonds is 8. The summed E-state index contributed by atoms with van der Waals surface area (Å²) in [5.41, 5.74) is 5.83. The standard InChI is InChI=1S/C17H20N2O3S/c18-17(20)13-19-12-6-8-14-7-4-5-11-16(14)23(21,22)15-9-2-1-3-10-15/h1-5,7,9-11,19H,6,8,12-13H2,(H2,18,20). The summed E-state index contributed by atoms with van der Waals surface area (Å²) in [6.45, 7) is 0.729. The molecule has 0 saturated heterocycles. The van der Waals surface area contributed by atoms with Crippen LogP contribution < -0.4 is 11.1 Å². The van der Waals surface area contributed by atoms with Crippen LogP contribution in [0.15, 0.2) is 64.4 Å². The number of aryl methyl sites for hydroxylation is 1. The molecule has 0 radical (unpaired) electrons. The predicted molar refractivity (Wildman–Crippen MR) is 88.7 cm³/mol. The Morgan fingerprint density at radius 3 is 2.35 bits per heavy atom. The van der Waals surface area contributed by atoms with Crippen LogP contribution in [0.3, 0.4) is 0 Å². The van der Waals surface area contributed by atoms with E-state index in [2.05, 4.69) is 5.32 Å². The Hall–Kier alpha value is -2.18. The van der Waals surface area contributed by atoms with Gasteiger partial charge in [-0.25, -0.2) is 8.42 Å². The lowest BCUT2D eigenvalue weighted by Gasteiger charge is -2.11. The van der Waals surface area contributed by atoms with Gasteiger partial charge in [0, 0.05) is 0 Å². The number of primary amides is 1. The van der Waals surface area contributed by atoms with E-state index >= 15 is 0 Å². The largest absolute Gasteiger partial charge is 0.369 e. The van der Waals surface area contributed by atoms with E-state index in [-0.39, 0.29) is 6.54 Å². The van der Waals surface area contributed by atoms with E-state index in [4.69, 9.17) is 5.73 Å². The Morgan fingerprint density at radius 1 is 1.00 bits per heavy atom. The van der Waals surface area contributed by atoms with Gasteiger partial charge >= 0.3 is 0 Å². The van der Waals surface area contributed by atoms with Gasteiger partial charge in [0.25, 0.3) is 0 Å². The molecule has 23 heavy (non-hydrogen) atoms. The van der Waals surface area contributed by atoms with Gasteiger partial charge in [-0.2, -0.15) is 0 Å². The fourth-order valence-corrected chi connectivity index (χ4v) is 3.86. The quantitative estimate of drug-likeness (QED) is 0.717. The lowest BCUT2D eigenvalue weighted by Crippen LogP contribution is -2.29. The number of carbonyl (C=O) groups excluding carboxylic acids is 1. The molecule has 0 aliphatic carbocycles. The van der Waals surface area contributed by atoms with Crippen LogP contribution in [0.25, 0.3) is 0 Å². The lowest BCUT2D eigenvalue weighted by atomic mass is 10.1. The number of nitrogens with one attached hydrogen (secondary N) is 1. The van der Waals surface area contributed by atoms with E-state index < -0.39 is 15.7 Å². The van der Waals surface area contributed by atoms with Crippen molar-refractivity contribution < 1.29 is 13.2 Å². The second kappa shape index (κ2) is 7.89. The Labute approximate surface area is 136 Å². The summed E-state index contributed by atoms with van der Waals surface area (Å²) in [6.07, 6.45) is 1.32. The van der Waals surface area contributed by atoms with Gasteiger partial charge in [0.15, 0.2) is 0 Å². The van der Waals surface area contributed by atoms with E-state index in [0.29, 0.717) is 29.2 Å². The molecule has 0 bridgehead atoms. The predicted octanol–water partition coefficient (Wildman–Crippen LogP) is 1.53. The molecule has 3 N–H and O–H groups in total. The van der Waals surface area contributed by atoms with Crippen molar-refractivity contribution in [2.75, 3.05) is 13.1 Å². The van der Waals surface area contributed by atoms with Crippen molar-refractivity contribution in [1.29, 1.82) is 0 Å². The molecule has 2 aromatic carbocycles. The molecular formula is C17H20N2O3S. The van der Waals surface area contributed by atoms with E-state index in [1.54, 1.807) is 42.5 Å². The van der Waals surface area contributed by atoms with Crippen LogP contribution in [-0.4, -0.2) is 27.4 Å². The van der Waals surface area contributed by atoms with Gasteiger partial charge in [-0.15, -0.1) is 0 Å². The molecule has 0 spiro atoms. The highest BCUT2D eigenvalue weighted by Gasteiger charge is 2.20. The van der Waals surface area contributed by atoms with Crippen molar-refractivity contribution in [2.45, 2.75) is 22.6 Å². The molecule has 0 heterocycles. The molecule has 0 aliphatic rings. The van der Waals surface area contributed by atoms with Crippen LogP contribution >= 0.6 is 0 Å². The molecule has 0 fully saturated rings. The number of carbonyl (C=O) groups is 1. The van der Waals surface area contributed by atoms with E-state index in [1.807, 2.05) is 12.1 Å². The molecule has 0 atom stereocenters. The highest BCUT2D eigenvalue weighted by atomic mass is 32.2. The second-order valence-electron chi connectivity index (χ2n) is 5.17. The molecule has 0 aromatic heterocycles. The first-order valence-electron chi connectivity index (χ1n) is 7.39. The van der Waals surface area contributed by atoms with Gasteiger partial charge in [-0.1, -0.05) is 36.4 Å². The first kappa shape index (κ1) is 17.2. The van der Waals surface area contributed by atoms with Crippen LogP contribution in [0.1, 0.15) is 12.0 Å². The first-order chi connectivity index (χ1) is 11.0. The Bertz CT molecular complexity index is 758. The van der Waals surface area contributed by atoms with Crippen LogP contribution in [0.5, 0.6) is 0 Å². The molecule has 0 unspecified atom stereocenters. The zero-order valence-corrected chi connectivity index (χ0v) is 13.6. The monoisotopic (exact) mass is 332 g/mol. The van der Waals surface area contributed by atoms with Gasteiger partial charge in [0.05, 0.1) is 16.3 Å². The summed E-state index contributed by atoms with van der Waals surface area (Å²) in [4.78, 5) is 11.3. The summed E-state index contributed by atoms with van der Waals surface area (Å²) < 4.78 is 25.5. The number of hydrogen-bond donors (Lipinski definition) is 2. The molecule has 0 saturated carbocycles. The van der Waals surface area contributed by atoms with Crippen LogP contribution in [0.4, 0.5) is 0 Å². The minimum absolute atomic E-state index is 0.129. The average Bonchev–Trinajstić information content (AvgIpc) is 2.55. The third kappa shape index (κ3) is 4.64. The Kier molecular flexibility index (Phi) is 5.90. The zero-order valence-electron chi connectivity index (χ0n) is 12.7. The Balaban J connectivity index is 2.13. The van der Waals surface area contributed by atoms with Crippen molar-refractivity contribution in [2.24, 2.45) is 5.73 Å². The fraction of sp³-hybridized carbons (Fsp3) is 0.235. The highest BCUT2D eigenvalue weighted by molar-refractivity contribution is 7.91. The van der Waals surface area contributed by atoms with Gasteiger partial charge in [0.1, 0.15) is 0 Å². The molecule has 6 heteroatoms. The fourth-order valence-electron chi connectivity index (χ4n) is 2.31. The number of hydrogen-bond acceptors (Lipinski definition) is 4. The number of sulfone groups is 1. The van der Waals surface area contributed by atoms with Crippen LogP contribution in [0, 0.1) is 0 Å². The van der Waals surface area contributed by atoms with Crippen molar-refractivity contribution in [3.8, 4) is 0 Å². The number of nitrogens with two attached hydrogens (primary N) is 1. The van der Waals surface area contributed by atoms with Crippen molar-refractivity contribution in [1.82, 2.24) is 5.32 Å². The molecule has 2 rings (SSSR count). The summed E-state index contributed by atoms with van der Waals surface area (Å²) in [5, 5.41) is 2.92. The zero-order chi connectivity index (χ0) is 16.7. The maximum atomic E-state index is 12.8. The molecule has 1 amide bonds. The van der Waals surface area contributed by atoms with Gasteiger partial charge in [-0.3, -0.25) is 4.79 Å². The van der Waals surface area contributed by atoms with Crippen molar-refractivity contribution >= 4 is 15.7 Å². The summed E-state index contributed by atoms with van der Waals surface area (Å²) >= 11 is 0. The maximum absolute atomic E-state index is 12.8. The van der Waals surface area contributed by atoms with Crippen LogP contribution in [0.2, 0.25) is 0 Å². The van der Waals surface area contributed by atoms with Gasteiger partial charge in [0.2, 0.25) is 15.7 Å². The molecular weight excluding hydrogens is 312 g/mol. The first-order valence-corrected chi connectivity index (χ1v) is 8.87. The smallest absolute Gasteiger partial charge is 0.231 e. The average molecular weight is 332 g/mol. The number of benzene rings is 2. The summed E-state index contributed by atoms with van der Waals surface area (Å²) in [7, 11) is -3.52. The molecule has 2 aromatic rings. The highest BCUT2D eigenvalue weighted by Crippen LogP contribution is 2.24. The second-order valence-corrected chi connectivity index (χ2v) is 7.09. The minimum atomic E-state index is -3.52. The van der Waals surface area contributed by atoms with E-state index in [9.17, 15) is 13.2 Å².